The summed E-state index contributed by atoms with van der Waals surface area (Å²) in [5, 5.41) is 5.87. The van der Waals surface area contributed by atoms with Crippen LogP contribution in [0.3, 0.4) is 0 Å². The van der Waals surface area contributed by atoms with Crippen LogP contribution in [-0.4, -0.2) is 114 Å². The summed E-state index contributed by atoms with van der Waals surface area (Å²) in [7, 11) is 7.49. The van der Waals surface area contributed by atoms with Crippen LogP contribution in [-0.2, 0) is 49.9 Å². The van der Waals surface area contributed by atoms with Gasteiger partial charge in [0.15, 0.2) is 0 Å². The minimum absolute atomic E-state index is 0.0229. The molecule has 4 N–H and O–H groups in total. The molecule has 0 aliphatic carbocycles. The molecule has 12 nitrogen and oxygen atoms in total. The molecule has 0 fully saturated rings. The maximum Gasteiger partial charge on any atom is 0.243 e. The number of nitrogens with zero attached hydrogens (tertiary/aromatic N) is 4. The smallest absolute Gasteiger partial charge is 0.243 e. The summed E-state index contributed by atoms with van der Waals surface area (Å²) in [5.41, 5.74) is 9.86. The highest BCUT2D eigenvalue weighted by atomic mass is 16.2. The second kappa shape index (κ2) is 18.0. The number of nitrogens with one attached hydrogen (secondary N) is 2. The van der Waals surface area contributed by atoms with Crippen molar-refractivity contribution in [1.82, 2.24) is 30.2 Å². The fourth-order valence-electron chi connectivity index (χ4n) is 7.88. The number of rotatable bonds is 15. The quantitative estimate of drug-likeness (QED) is 0.240. The topological polar surface area (TPSA) is 148 Å². The van der Waals surface area contributed by atoms with Gasteiger partial charge in [0.2, 0.25) is 29.5 Å². The van der Waals surface area contributed by atoms with Gasteiger partial charge in [0.05, 0.1) is 12.1 Å². The van der Waals surface area contributed by atoms with Crippen molar-refractivity contribution in [3.63, 3.8) is 0 Å². The molecule has 0 radical (unpaired) electrons. The van der Waals surface area contributed by atoms with Crippen LogP contribution < -0.4 is 16.4 Å². The van der Waals surface area contributed by atoms with Gasteiger partial charge in [-0.2, -0.15) is 0 Å². The predicted molar refractivity (Wildman–Crippen MR) is 202 cm³/mol. The molecule has 5 amide bonds. The number of unbranched alkanes of at least 4 members (excludes halogenated alkanes) is 1. The summed E-state index contributed by atoms with van der Waals surface area (Å²) in [6.45, 7) is 8.99. The molecule has 12 heteroatoms. The Labute approximate surface area is 309 Å². The number of fused-ring (bicyclic) bond motifs is 2. The zero-order valence-corrected chi connectivity index (χ0v) is 32.2. The van der Waals surface area contributed by atoms with E-state index >= 15 is 0 Å². The van der Waals surface area contributed by atoms with E-state index in [1.807, 2.05) is 114 Å². The summed E-state index contributed by atoms with van der Waals surface area (Å²) >= 11 is 0. The lowest BCUT2D eigenvalue weighted by Gasteiger charge is -2.40. The first-order valence-corrected chi connectivity index (χ1v) is 18.6. The van der Waals surface area contributed by atoms with Crippen molar-refractivity contribution < 1.29 is 24.0 Å². The Morgan fingerprint density at radius 1 is 0.692 bits per heavy atom. The second-order valence-corrected chi connectivity index (χ2v) is 15.5. The first-order valence-electron chi connectivity index (χ1n) is 18.6. The Hall–Kier alpha value is -4.29. The molecule has 284 valence electrons. The van der Waals surface area contributed by atoms with Crippen molar-refractivity contribution in [2.24, 2.45) is 17.6 Å². The molecule has 0 spiro atoms. The van der Waals surface area contributed by atoms with Gasteiger partial charge in [-0.25, -0.2) is 0 Å². The van der Waals surface area contributed by atoms with Crippen LogP contribution in [0.15, 0.2) is 48.5 Å². The number of likely N-dealkylation sites (N-methyl/N-ethyl adjacent to an activating group) is 2. The molecule has 52 heavy (non-hydrogen) atoms. The van der Waals surface area contributed by atoms with Crippen LogP contribution in [0.5, 0.6) is 0 Å². The number of benzene rings is 2. The second-order valence-electron chi connectivity index (χ2n) is 15.5. The molecule has 0 aromatic heterocycles. The molecule has 0 saturated carbocycles. The minimum atomic E-state index is -0.936. The summed E-state index contributed by atoms with van der Waals surface area (Å²) < 4.78 is 0. The van der Waals surface area contributed by atoms with Crippen LogP contribution in [0.1, 0.15) is 69.2 Å². The molecule has 2 aliphatic rings. The molecule has 2 aromatic carbocycles. The largest absolute Gasteiger partial charge is 0.368 e. The molecular weight excluding hydrogens is 658 g/mol. The van der Waals surface area contributed by atoms with Crippen molar-refractivity contribution >= 4 is 29.5 Å². The van der Waals surface area contributed by atoms with Crippen molar-refractivity contribution in [3.8, 4) is 0 Å². The van der Waals surface area contributed by atoms with Crippen LogP contribution in [0.2, 0.25) is 0 Å². The maximum absolute atomic E-state index is 13.9. The third-order valence-electron chi connectivity index (χ3n) is 10.4. The lowest BCUT2D eigenvalue weighted by atomic mass is 9.91. The number of nitrogens with two attached hydrogens (primary N) is 1. The van der Waals surface area contributed by atoms with E-state index in [0.717, 1.165) is 22.3 Å². The lowest BCUT2D eigenvalue weighted by molar-refractivity contribution is -0.147. The van der Waals surface area contributed by atoms with Gasteiger partial charge >= 0.3 is 0 Å². The number of hydrogen-bond donors (Lipinski definition) is 3. The van der Waals surface area contributed by atoms with E-state index in [1.165, 1.54) is 0 Å². The van der Waals surface area contributed by atoms with Crippen LogP contribution in [0.25, 0.3) is 0 Å². The van der Waals surface area contributed by atoms with Gasteiger partial charge in [-0.3, -0.25) is 33.8 Å². The summed E-state index contributed by atoms with van der Waals surface area (Å²) in [5.74, 6) is -1.41. The first-order chi connectivity index (χ1) is 24.6. The molecule has 5 atom stereocenters. The Balaban J connectivity index is 1.38. The van der Waals surface area contributed by atoms with Crippen LogP contribution in [0.4, 0.5) is 0 Å². The highest BCUT2D eigenvalue weighted by Crippen LogP contribution is 2.28. The highest BCUT2D eigenvalue weighted by molar-refractivity contribution is 5.93. The number of carbonyl (C=O) groups is 5. The van der Waals surface area contributed by atoms with E-state index in [1.54, 1.807) is 9.80 Å². The van der Waals surface area contributed by atoms with Gasteiger partial charge in [0.25, 0.3) is 0 Å². The van der Waals surface area contributed by atoms with E-state index in [0.29, 0.717) is 45.3 Å². The fourth-order valence-corrected chi connectivity index (χ4v) is 7.88. The molecule has 2 aromatic rings. The summed E-state index contributed by atoms with van der Waals surface area (Å²) in [6.07, 6.45) is 2.09. The Bertz CT molecular complexity index is 1580. The van der Waals surface area contributed by atoms with Crippen LogP contribution in [0, 0.1) is 11.8 Å². The number of amides is 5. The van der Waals surface area contributed by atoms with Gasteiger partial charge in [0, 0.05) is 32.5 Å². The van der Waals surface area contributed by atoms with Crippen molar-refractivity contribution in [2.45, 2.75) is 103 Å². The fraction of sp³-hybridized carbons (Fsp3) is 0.575. The van der Waals surface area contributed by atoms with Gasteiger partial charge in [-0.15, -0.1) is 0 Å². The standard InChI is InChI=1S/C40H59N7O5/c1-25(2)34(44(5)6)39(51)46-23-29-17-11-9-15-27(29)21-32(46)37(49)42-20-14-13-19-31(36(41)48)43-38(50)33-22-28-16-10-12-18-30(28)24-47(33)40(52)35(26(3)4)45(7)8/h9-12,15-18,25-26,31-35H,13-14,19-24H2,1-8H3,(H2,41,48)(H,42,49)(H,43,50)/t31-,32-,33-,34-,35-/m0/s1. The van der Waals surface area contributed by atoms with Gasteiger partial charge in [-0.1, -0.05) is 76.2 Å². The highest BCUT2D eigenvalue weighted by Gasteiger charge is 2.41. The van der Waals surface area contributed by atoms with Crippen LogP contribution >= 0.6 is 0 Å². The molecule has 0 saturated heterocycles. The molecule has 2 aliphatic heterocycles. The van der Waals surface area contributed by atoms with E-state index in [2.05, 4.69) is 10.6 Å². The number of hydrogen-bond acceptors (Lipinski definition) is 7. The third kappa shape index (κ3) is 9.57. The SMILES string of the molecule is CC(C)[C@@H](C(=O)N1Cc2ccccc2C[C@H]1C(=O)NCCCC[C@H](NC(=O)[C@@H]1Cc2ccccc2CN1C(=O)[C@H](C(C)C)N(C)C)C(N)=O)N(C)C. The number of primary amides is 1. The van der Waals surface area contributed by atoms with E-state index < -0.39 is 36.0 Å². The summed E-state index contributed by atoms with van der Waals surface area (Å²) in [4.78, 5) is 74.9. The van der Waals surface area contributed by atoms with E-state index in [4.69, 9.17) is 5.73 Å². The number of carbonyl (C=O) groups excluding carboxylic acids is 5. The molecule has 2 heterocycles. The van der Waals surface area contributed by atoms with Gasteiger partial charge in [0.1, 0.15) is 18.1 Å². The molecule has 4 rings (SSSR count). The Kier molecular flexibility index (Phi) is 14.0. The zero-order valence-electron chi connectivity index (χ0n) is 32.2. The molecule has 0 bridgehead atoms. The van der Waals surface area contributed by atoms with Gasteiger partial charge in [-0.05, 0) is 81.5 Å². The van der Waals surface area contributed by atoms with E-state index in [9.17, 15) is 24.0 Å². The zero-order chi connectivity index (χ0) is 38.3. The average molecular weight is 718 g/mol. The average Bonchev–Trinajstić information content (AvgIpc) is 3.08. The monoisotopic (exact) mass is 717 g/mol. The van der Waals surface area contributed by atoms with Crippen molar-refractivity contribution in [2.75, 3.05) is 34.7 Å². The first kappa shape index (κ1) is 40.5. The predicted octanol–water partition coefficient (Wildman–Crippen LogP) is 2.32. The Morgan fingerprint density at radius 3 is 1.52 bits per heavy atom. The molecular formula is C40H59N7O5. The van der Waals surface area contributed by atoms with E-state index in [-0.39, 0.29) is 42.0 Å². The van der Waals surface area contributed by atoms with Gasteiger partial charge < -0.3 is 26.2 Å². The van der Waals surface area contributed by atoms with Crippen molar-refractivity contribution in [1.29, 1.82) is 0 Å². The Morgan fingerprint density at radius 2 is 1.12 bits per heavy atom. The van der Waals surface area contributed by atoms with Crippen molar-refractivity contribution in [3.05, 3.63) is 70.8 Å². The maximum atomic E-state index is 13.9. The summed E-state index contributed by atoms with van der Waals surface area (Å²) in [6, 6.07) is 12.6. The minimum Gasteiger partial charge on any atom is -0.368 e. The lowest BCUT2D eigenvalue weighted by Crippen LogP contribution is -2.59. The molecule has 0 unspecified atom stereocenters. The third-order valence-corrected chi connectivity index (χ3v) is 10.4. The normalized spacial score (nSPS) is 18.8.